The van der Waals surface area contributed by atoms with Crippen molar-refractivity contribution in [3.8, 4) is 34.6 Å². The number of rotatable bonds is 4. The van der Waals surface area contributed by atoms with Crippen LogP contribution in [0.15, 0.2) is 96.4 Å². The molecule has 0 radical (unpaired) electrons. The van der Waals surface area contributed by atoms with Gasteiger partial charge in [0.25, 0.3) is 0 Å². The molecule has 3 aromatic carbocycles. The zero-order chi connectivity index (χ0) is 22.1. The molecule has 0 spiro atoms. The van der Waals surface area contributed by atoms with Gasteiger partial charge in [0.05, 0.1) is 24.3 Å². The Bertz CT molecular complexity index is 1330. The van der Waals surface area contributed by atoms with Crippen LogP contribution in [-0.2, 0) is 0 Å². The molecule has 0 unspecified atom stereocenters. The fourth-order valence-electron chi connectivity index (χ4n) is 4.02. The molecule has 2 N–H and O–H groups in total. The molecule has 4 aromatic rings. The van der Waals surface area contributed by atoms with E-state index in [9.17, 15) is 5.26 Å². The van der Waals surface area contributed by atoms with Gasteiger partial charge in [-0.05, 0) is 29.8 Å². The van der Waals surface area contributed by atoms with Gasteiger partial charge in [-0.15, -0.1) is 0 Å². The lowest BCUT2D eigenvalue weighted by molar-refractivity contribution is 0.367. The Morgan fingerprint density at radius 2 is 1.62 bits per heavy atom. The van der Waals surface area contributed by atoms with Crippen LogP contribution in [0.4, 0.5) is 0 Å². The summed E-state index contributed by atoms with van der Waals surface area (Å²) >= 11 is 0. The molecule has 32 heavy (non-hydrogen) atoms. The number of ether oxygens (including phenoxy) is 2. The van der Waals surface area contributed by atoms with Crippen LogP contribution in [0.5, 0.6) is 11.6 Å². The number of allylic oxidation sites excluding steroid dienone is 1. The summed E-state index contributed by atoms with van der Waals surface area (Å²) in [7, 11) is 1.62. The van der Waals surface area contributed by atoms with Crippen molar-refractivity contribution in [2.24, 2.45) is 5.73 Å². The van der Waals surface area contributed by atoms with Crippen LogP contribution < -0.4 is 15.2 Å². The first-order valence-electron chi connectivity index (χ1n) is 10.2. The van der Waals surface area contributed by atoms with E-state index in [-0.39, 0.29) is 5.88 Å². The maximum Gasteiger partial charge on any atom is 0.229 e. The molecule has 1 aliphatic rings. The first-order chi connectivity index (χ1) is 15.7. The molecule has 1 atom stereocenters. The highest BCUT2D eigenvalue weighted by molar-refractivity contribution is 5.72. The predicted octanol–water partition coefficient (Wildman–Crippen LogP) is 4.77. The molecular weight excluding hydrogens is 400 g/mol. The van der Waals surface area contributed by atoms with Crippen molar-refractivity contribution in [3.05, 3.63) is 108 Å². The quantitative estimate of drug-likeness (QED) is 0.514. The molecule has 1 aromatic heterocycles. The Balaban J connectivity index is 1.80. The van der Waals surface area contributed by atoms with E-state index in [1.165, 1.54) is 0 Å². The standard InChI is InChI=1S/C26H20N4O2/c1-31-20-14-12-17(13-15-20)22-21(16-27)25(28)32-26-23(22)24(18-8-4-2-5-9-18)29-30(26)19-10-6-3-7-11-19/h2-15,22H,28H2,1H3/t22-/m0/s1. The Kier molecular flexibility index (Phi) is 4.85. The predicted molar refractivity (Wildman–Crippen MR) is 121 cm³/mol. The van der Waals surface area contributed by atoms with Gasteiger partial charge in [0.15, 0.2) is 0 Å². The minimum Gasteiger partial charge on any atom is -0.497 e. The zero-order valence-corrected chi connectivity index (χ0v) is 17.4. The van der Waals surface area contributed by atoms with Crippen molar-refractivity contribution in [1.29, 1.82) is 5.26 Å². The maximum atomic E-state index is 9.99. The number of benzene rings is 3. The Labute approximate surface area is 185 Å². The van der Waals surface area contributed by atoms with Gasteiger partial charge in [-0.25, -0.2) is 0 Å². The van der Waals surface area contributed by atoms with Crippen LogP contribution in [0.1, 0.15) is 17.0 Å². The number of para-hydroxylation sites is 1. The molecule has 0 fully saturated rings. The second kappa shape index (κ2) is 7.97. The van der Waals surface area contributed by atoms with Gasteiger partial charge in [0.2, 0.25) is 11.8 Å². The highest BCUT2D eigenvalue weighted by Crippen LogP contribution is 2.47. The third kappa shape index (κ3) is 3.17. The molecule has 6 heteroatoms. The summed E-state index contributed by atoms with van der Waals surface area (Å²) in [5.74, 6) is 0.895. The number of nitriles is 1. The molecule has 0 saturated heterocycles. The van der Waals surface area contributed by atoms with Gasteiger partial charge < -0.3 is 15.2 Å². The molecule has 2 heterocycles. The van der Waals surface area contributed by atoms with Crippen LogP contribution in [0.3, 0.4) is 0 Å². The van der Waals surface area contributed by atoms with Crippen LogP contribution in [0.25, 0.3) is 16.9 Å². The molecule has 5 rings (SSSR count). The smallest absolute Gasteiger partial charge is 0.229 e. The van der Waals surface area contributed by atoms with E-state index < -0.39 is 5.92 Å². The van der Waals surface area contributed by atoms with Crippen molar-refractivity contribution in [2.75, 3.05) is 7.11 Å². The fraction of sp³-hybridized carbons (Fsp3) is 0.0769. The van der Waals surface area contributed by atoms with E-state index >= 15 is 0 Å². The molecule has 1 aliphatic heterocycles. The summed E-state index contributed by atoms with van der Waals surface area (Å²) in [4.78, 5) is 0. The third-order valence-corrected chi connectivity index (χ3v) is 5.54. The number of hydrogen-bond acceptors (Lipinski definition) is 5. The van der Waals surface area contributed by atoms with Crippen LogP contribution >= 0.6 is 0 Å². The van der Waals surface area contributed by atoms with Crippen molar-refractivity contribution < 1.29 is 9.47 Å². The van der Waals surface area contributed by atoms with E-state index in [1.807, 2.05) is 84.9 Å². The Morgan fingerprint density at radius 1 is 0.969 bits per heavy atom. The summed E-state index contributed by atoms with van der Waals surface area (Å²) in [6, 6.07) is 29.5. The highest BCUT2D eigenvalue weighted by Gasteiger charge is 2.37. The average molecular weight is 420 g/mol. The molecule has 0 bridgehead atoms. The minimum atomic E-state index is -0.428. The van der Waals surface area contributed by atoms with E-state index in [2.05, 4.69) is 6.07 Å². The fourth-order valence-corrected chi connectivity index (χ4v) is 4.02. The molecule has 0 amide bonds. The van der Waals surface area contributed by atoms with Gasteiger partial charge in [-0.1, -0.05) is 60.7 Å². The van der Waals surface area contributed by atoms with Gasteiger partial charge in [0, 0.05) is 5.56 Å². The van der Waals surface area contributed by atoms with Crippen molar-refractivity contribution in [3.63, 3.8) is 0 Å². The third-order valence-electron chi connectivity index (χ3n) is 5.54. The Hall–Kier alpha value is -4.50. The number of aromatic nitrogens is 2. The SMILES string of the molecule is COc1ccc([C@H]2C(C#N)=C(N)Oc3c2c(-c2ccccc2)nn3-c2ccccc2)cc1. The normalized spacial score (nSPS) is 14.9. The van der Waals surface area contributed by atoms with Gasteiger partial charge >= 0.3 is 0 Å². The second-order valence-electron chi connectivity index (χ2n) is 7.38. The maximum absolute atomic E-state index is 9.99. The molecule has 0 saturated carbocycles. The van der Waals surface area contributed by atoms with E-state index in [0.717, 1.165) is 33.8 Å². The number of nitrogens with two attached hydrogens (primary N) is 1. The average Bonchev–Trinajstić information content (AvgIpc) is 3.23. The van der Waals surface area contributed by atoms with E-state index in [0.29, 0.717) is 11.5 Å². The van der Waals surface area contributed by atoms with Gasteiger partial charge in [0.1, 0.15) is 23.1 Å². The van der Waals surface area contributed by atoms with Crippen LogP contribution in [-0.4, -0.2) is 16.9 Å². The molecular formula is C26H20N4O2. The number of nitrogens with zero attached hydrogens (tertiary/aromatic N) is 3. The van der Waals surface area contributed by atoms with Crippen molar-refractivity contribution in [1.82, 2.24) is 9.78 Å². The summed E-state index contributed by atoms with van der Waals surface area (Å²) in [6.45, 7) is 0. The largest absolute Gasteiger partial charge is 0.497 e. The van der Waals surface area contributed by atoms with Gasteiger partial charge in [-0.2, -0.15) is 15.0 Å². The zero-order valence-electron chi connectivity index (χ0n) is 17.4. The number of fused-ring (bicyclic) bond motifs is 1. The van der Waals surface area contributed by atoms with Gasteiger partial charge in [-0.3, -0.25) is 0 Å². The summed E-state index contributed by atoms with van der Waals surface area (Å²) in [6.07, 6.45) is 0. The van der Waals surface area contributed by atoms with Crippen LogP contribution in [0.2, 0.25) is 0 Å². The summed E-state index contributed by atoms with van der Waals surface area (Å²) < 4.78 is 13.1. The van der Waals surface area contributed by atoms with Crippen LogP contribution in [0, 0.1) is 11.3 Å². The first kappa shape index (κ1) is 19.5. The van der Waals surface area contributed by atoms with E-state index in [4.69, 9.17) is 20.3 Å². The Morgan fingerprint density at radius 3 is 2.25 bits per heavy atom. The first-order valence-corrected chi connectivity index (χ1v) is 10.2. The number of methoxy groups -OCH3 is 1. The number of hydrogen-bond donors (Lipinski definition) is 1. The minimum absolute atomic E-state index is 0.0810. The lowest BCUT2D eigenvalue weighted by atomic mass is 9.83. The lowest BCUT2D eigenvalue weighted by Gasteiger charge is -2.25. The molecule has 6 nitrogen and oxygen atoms in total. The van der Waals surface area contributed by atoms with Crippen molar-refractivity contribution in [2.45, 2.75) is 5.92 Å². The monoisotopic (exact) mass is 420 g/mol. The second-order valence-corrected chi connectivity index (χ2v) is 7.38. The molecule has 156 valence electrons. The topological polar surface area (TPSA) is 86.1 Å². The summed E-state index contributed by atoms with van der Waals surface area (Å²) in [5, 5.41) is 14.9. The lowest BCUT2D eigenvalue weighted by Crippen LogP contribution is -2.22. The van der Waals surface area contributed by atoms with E-state index in [1.54, 1.807) is 11.8 Å². The molecule has 0 aliphatic carbocycles. The van der Waals surface area contributed by atoms with Crippen molar-refractivity contribution >= 4 is 0 Å². The summed E-state index contributed by atoms with van der Waals surface area (Å²) in [5.41, 5.74) is 10.8. The highest BCUT2D eigenvalue weighted by atomic mass is 16.5.